The van der Waals surface area contributed by atoms with Crippen molar-refractivity contribution >= 4 is 5.65 Å². The molecule has 2 aromatic rings. The van der Waals surface area contributed by atoms with Gasteiger partial charge >= 0.3 is 0 Å². The minimum atomic E-state index is -0.597. The predicted octanol–water partition coefficient (Wildman–Crippen LogP) is -0.342. The van der Waals surface area contributed by atoms with Gasteiger partial charge in [-0.25, -0.2) is 0 Å². The van der Waals surface area contributed by atoms with Crippen molar-refractivity contribution in [3.8, 4) is 0 Å². The molecule has 0 unspecified atom stereocenters. The van der Waals surface area contributed by atoms with Crippen LogP contribution in [0.3, 0.4) is 0 Å². The number of nitrogens with zero attached hydrogens (tertiary/aromatic N) is 5. The van der Waals surface area contributed by atoms with Gasteiger partial charge in [-0.1, -0.05) is 0 Å². The Morgan fingerprint density at radius 1 is 1.40 bits per heavy atom. The molecule has 0 atom stereocenters. The molecule has 0 radical (unpaired) electrons. The van der Waals surface area contributed by atoms with Crippen LogP contribution in [0, 0.1) is 5.95 Å². The van der Waals surface area contributed by atoms with E-state index in [1.165, 1.54) is 12.1 Å². The zero-order chi connectivity index (χ0) is 6.97. The normalized spacial score (nSPS) is 10.5. The summed E-state index contributed by atoms with van der Waals surface area (Å²) in [5.41, 5.74) is 0.432. The first-order chi connectivity index (χ1) is 4.86. The second-order valence-electron chi connectivity index (χ2n) is 1.68. The van der Waals surface area contributed by atoms with Crippen LogP contribution in [0.2, 0.25) is 0 Å². The van der Waals surface area contributed by atoms with E-state index in [1.807, 2.05) is 0 Å². The Labute approximate surface area is 54.5 Å². The Hall–Kier alpha value is -1.59. The smallest absolute Gasteiger partial charge is 0.183 e. The highest BCUT2D eigenvalue weighted by Gasteiger charge is 1.96. The minimum Gasteiger partial charge on any atom is -0.183 e. The van der Waals surface area contributed by atoms with E-state index in [0.29, 0.717) is 5.65 Å². The van der Waals surface area contributed by atoms with Crippen molar-refractivity contribution in [1.29, 1.82) is 0 Å². The summed E-state index contributed by atoms with van der Waals surface area (Å²) in [5, 5.41) is 13.5. The molecule has 10 heavy (non-hydrogen) atoms. The van der Waals surface area contributed by atoms with Gasteiger partial charge in [0, 0.05) is 0 Å². The average molecular weight is 139 g/mol. The maximum Gasteiger partial charge on any atom is 0.233 e. The zero-order valence-corrected chi connectivity index (χ0v) is 4.77. The standard InChI is InChI=1S/C4H2FN5/c5-3-1-2-4-6-8-9-10(4)7-3/h1-2H. The van der Waals surface area contributed by atoms with E-state index in [2.05, 4.69) is 20.6 Å². The Balaban J connectivity index is 2.86. The summed E-state index contributed by atoms with van der Waals surface area (Å²) in [5.74, 6) is -0.597. The first-order valence-electron chi connectivity index (χ1n) is 2.57. The lowest BCUT2D eigenvalue weighted by molar-refractivity contribution is 0.536. The largest absolute Gasteiger partial charge is 0.233 e. The van der Waals surface area contributed by atoms with Crippen LogP contribution in [0.15, 0.2) is 12.1 Å². The van der Waals surface area contributed by atoms with Crippen molar-refractivity contribution in [3.63, 3.8) is 0 Å². The molecule has 5 nitrogen and oxygen atoms in total. The maximum atomic E-state index is 12.3. The third kappa shape index (κ3) is 0.619. The Kier molecular flexibility index (Phi) is 0.883. The fourth-order valence-electron chi connectivity index (χ4n) is 0.628. The number of halogens is 1. The molecule has 0 bridgehead atoms. The molecule has 50 valence electrons. The molecule has 2 heterocycles. The van der Waals surface area contributed by atoms with Gasteiger partial charge in [0.2, 0.25) is 5.95 Å². The lowest BCUT2D eigenvalue weighted by Crippen LogP contribution is -1.95. The fourth-order valence-corrected chi connectivity index (χ4v) is 0.628. The van der Waals surface area contributed by atoms with Gasteiger partial charge in [0.05, 0.1) is 0 Å². The van der Waals surface area contributed by atoms with Gasteiger partial charge in [-0.15, -0.1) is 14.8 Å². The van der Waals surface area contributed by atoms with Crippen LogP contribution in [0.1, 0.15) is 0 Å². The lowest BCUT2D eigenvalue weighted by Gasteiger charge is -1.85. The van der Waals surface area contributed by atoms with Crippen LogP contribution in [0.25, 0.3) is 5.65 Å². The highest BCUT2D eigenvalue weighted by atomic mass is 19.1. The summed E-state index contributed by atoms with van der Waals surface area (Å²) in [6, 6.07) is 2.65. The van der Waals surface area contributed by atoms with Crippen LogP contribution in [0.5, 0.6) is 0 Å². The molecule has 0 aliphatic heterocycles. The lowest BCUT2D eigenvalue weighted by atomic mass is 10.6. The van der Waals surface area contributed by atoms with Crippen LogP contribution < -0.4 is 0 Å². The van der Waals surface area contributed by atoms with Crippen LogP contribution >= 0.6 is 0 Å². The first-order valence-corrected chi connectivity index (χ1v) is 2.57. The summed E-state index contributed by atoms with van der Waals surface area (Å²) in [6.07, 6.45) is 0. The van der Waals surface area contributed by atoms with Gasteiger partial charge in [0.15, 0.2) is 5.65 Å². The molecular weight excluding hydrogens is 137 g/mol. The molecule has 0 aromatic carbocycles. The molecule has 0 saturated heterocycles. The van der Waals surface area contributed by atoms with Gasteiger partial charge in [-0.2, -0.15) is 4.39 Å². The van der Waals surface area contributed by atoms with Gasteiger partial charge in [-0.05, 0) is 22.6 Å². The molecule has 0 spiro atoms. The van der Waals surface area contributed by atoms with Crippen LogP contribution in [-0.4, -0.2) is 25.3 Å². The predicted molar refractivity (Wildman–Crippen MR) is 28.5 cm³/mol. The minimum absolute atomic E-state index is 0.432. The third-order valence-electron chi connectivity index (χ3n) is 1.04. The van der Waals surface area contributed by atoms with Gasteiger partial charge in [0.25, 0.3) is 0 Å². The fraction of sp³-hybridized carbons (Fsp3) is 0. The molecule has 0 N–H and O–H groups in total. The van der Waals surface area contributed by atoms with Crippen molar-refractivity contribution in [1.82, 2.24) is 25.3 Å². The second-order valence-corrected chi connectivity index (χ2v) is 1.68. The summed E-state index contributed by atoms with van der Waals surface area (Å²) in [6.45, 7) is 0. The van der Waals surface area contributed by atoms with E-state index in [4.69, 9.17) is 0 Å². The van der Waals surface area contributed by atoms with Crippen LogP contribution in [-0.2, 0) is 0 Å². The molecule has 0 aliphatic carbocycles. The molecule has 0 saturated carbocycles. The van der Waals surface area contributed by atoms with E-state index in [1.54, 1.807) is 0 Å². The highest BCUT2D eigenvalue weighted by Crippen LogP contribution is 1.93. The van der Waals surface area contributed by atoms with Crippen molar-refractivity contribution in [2.75, 3.05) is 0 Å². The number of fused-ring (bicyclic) bond motifs is 1. The zero-order valence-electron chi connectivity index (χ0n) is 4.77. The molecule has 2 aromatic heterocycles. The summed E-state index contributed by atoms with van der Waals surface area (Å²) >= 11 is 0. The number of tetrazole rings is 1. The van der Waals surface area contributed by atoms with Gasteiger partial charge in [-0.3, -0.25) is 0 Å². The second kappa shape index (κ2) is 1.69. The summed E-state index contributed by atoms with van der Waals surface area (Å²) in [4.78, 5) is 0. The molecule has 0 amide bonds. The maximum absolute atomic E-state index is 12.3. The molecule has 0 aliphatic rings. The monoisotopic (exact) mass is 139 g/mol. The number of hydrogen-bond donors (Lipinski definition) is 0. The number of aromatic nitrogens is 5. The first kappa shape index (κ1) is 5.21. The van der Waals surface area contributed by atoms with Crippen molar-refractivity contribution in [2.24, 2.45) is 0 Å². The van der Waals surface area contributed by atoms with Gasteiger partial charge < -0.3 is 0 Å². The summed E-state index contributed by atoms with van der Waals surface area (Å²) in [7, 11) is 0. The molecule has 6 heteroatoms. The van der Waals surface area contributed by atoms with E-state index in [9.17, 15) is 4.39 Å². The van der Waals surface area contributed by atoms with E-state index < -0.39 is 5.95 Å². The Morgan fingerprint density at radius 2 is 2.30 bits per heavy atom. The number of hydrogen-bond acceptors (Lipinski definition) is 4. The average Bonchev–Trinajstić information content (AvgIpc) is 2.33. The van der Waals surface area contributed by atoms with Gasteiger partial charge in [0.1, 0.15) is 0 Å². The Morgan fingerprint density at radius 3 is 3.20 bits per heavy atom. The quantitative estimate of drug-likeness (QED) is 0.501. The van der Waals surface area contributed by atoms with E-state index >= 15 is 0 Å². The Bertz CT molecular complexity index is 355. The topological polar surface area (TPSA) is 56.0 Å². The highest BCUT2D eigenvalue weighted by molar-refractivity contribution is 5.31. The van der Waals surface area contributed by atoms with Crippen molar-refractivity contribution < 1.29 is 4.39 Å². The van der Waals surface area contributed by atoms with E-state index in [0.717, 1.165) is 4.63 Å². The molecule has 2 rings (SSSR count). The molecular formula is C4H2FN5. The van der Waals surface area contributed by atoms with Crippen molar-refractivity contribution in [2.45, 2.75) is 0 Å². The number of rotatable bonds is 0. The SMILES string of the molecule is Fc1ccc2nnnn2n1. The molecule has 0 fully saturated rings. The van der Waals surface area contributed by atoms with Crippen molar-refractivity contribution in [3.05, 3.63) is 18.1 Å². The van der Waals surface area contributed by atoms with Crippen LogP contribution in [0.4, 0.5) is 4.39 Å². The summed E-state index contributed by atoms with van der Waals surface area (Å²) < 4.78 is 13.3. The van der Waals surface area contributed by atoms with E-state index in [-0.39, 0.29) is 0 Å². The third-order valence-corrected chi connectivity index (χ3v) is 1.04.